The molecule has 2 rings (SSSR count). The predicted molar refractivity (Wildman–Crippen MR) is 86.8 cm³/mol. The summed E-state index contributed by atoms with van der Waals surface area (Å²) in [6.45, 7) is 2.50. The van der Waals surface area contributed by atoms with E-state index < -0.39 is 0 Å². The van der Waals surface area contributed by atoms with E-state index in [-0.39, 0.29) is 12.1 Å². The molecule has 0 aliphatic carbocycles. The van der Waals surface area contributed by atoms with Crippen LogP contribution in [0, 0.1) is 0 Å². The first kappa shape index (κ1) is 16.0. The van der Waals surface area contributed by atoms with Crippen LogP contribution >= 0.6 is 0 Å². The van der Waals surface area contributed by atoms with Gasteiger partial charge in [-0.05, 0) is 18.6 Å². The van der Waals surface area contributed by atoms with Crippen LogP contribution in [-0.4, -0.2) is 35.3 Å². The third-order valence-corrected chi connectivity index (χ3v) is 3.40. The first-order chi connectivity index (χ1) is 10.6. The van der Waals surface area contributed by atoms with Gasteiger partial charge in [-0.1, -0.05) is 19.1 Å². The number of rotatable bonds is 6. The van der Waals surface area contributed by atoms with Gasteiger partial charge in [-0.3, -0.25) is 0 Å². The molecule has 1 heterocycles. The van der Waals surface area contributed by atoms with Crippen molar-refractivity contribution in [3.63, 3.8) is 0 Å². The van der Waals surface area contributed by atoms with E-state index in [0.717, 1.165) is 23.5 Å². The molecule has 0 aliphatic heterocycles. The SMILES string of the molecule is CC[C@@H](COC)NC(=O)Nc1cccc(-c2nccn2C)c1. The maximum absolute atomic E-state index is 12.0. The molecule has 6 nitrogen and oxygen atoms in total. The molecular formula is C16H22N4O2. The number of amides is 2. The zero-order valence-electron chi connectivity index (χ0n) is 13.2. The normalized spacial score (nSPS) is 12.0. The summed E-state index contributed by atoms with van der Waals surface area (Å²) >= 11 is 0. The van der Waals surface area contributed by atoms with Crippen LogP contribution in [0.1, 0.15) is 13.3 Å². The maximum atomic E-state index is 12.0. The number of aromatic nitrogens is 2. The van der Waals surface area contributed by atoms with Crippen molar-refractivity contribution >= 4 is 11.7 Å². The summed E-state index contributed by atoms with van der Waals surface area (Å²) in [6, 6.07) is 7.38. The van der Waals surface area contributed by atoms with Gasteiger partial charge in [0, 0.05) is 37.8 Å². The number of ether oxygens (including phenoxy) is 1. The zero-order chi connectivity index (χ0) is 15.9. The predicted octanol–water partition coefficient (Wildman–Crippen LogP) is 2.63. The molecular weight excluding hydrogens is 280 g/mol. The third kappa shape index (κ3) is 4.08. The van der Waals surface area contributed by atoms with E-state index in [9.17, 15) is 4.79 Å². The van der Waals surface area contributed by atoms with E-state index in [0.29, 0.717) is 6.61 Å². The first-order valence-corrected chi connectivity index (χ1v) is 7.28. The monoisotopic (exact) mass is 302 g/mol. The molecule has 22 heavy (non-hydrogen) atoms. The number of aryl methyl sites for hydroxylation is 1. The van der Waals surface area contributed by atoms with Crippen molar-refractivity contribution in [1.82, 2.24) is 14.9 Å². The number of hydrogen-bond acceptors (Lipinski definition) is 3. The smallest absolute Gasteiger partial charge is 0.319 e. The van der Waals surface area contributed by atoms with Gasteiger partial charge in [0.2, 0.25) is 0 Å². The highest BCUT2D eigenvalue weighted by molar-refractivity contribution is 5.90. The van der Waals surface area contributed by atoms with Gasteiger partial charge >= 0.3 is 6.03 Å². The zero-order valence-corrected chi connectivity index (χ0v) is 13.2. The lowest BCUT2D eigenvalue weighted by Crippen LogP contribution is -2.40. The van der Waals surface area contributed by atoms with Crippen molar-refractivity contribution in [2.24, 2.45) is 7.05 Å². The highest BCUT2D eigenvalue weighted by Crippen LogP contribution is 2.20. The number of carbonyl (C=O) groups is 1. The lowest BCUT2D eigenvalue weighted by molar-refractivity contribution is 0.165. The van der Waals surface area contributed by atoms with Gasteiger partial charge in [-0.25, -0.2) is 9.78 Å². The maximum Gasteiger partial charge on any atom is 0.319 e. The Hall–Kier alpha value is -2.34. The number of nitrogens with one attached hydrogen (secondary N) is 2. The molecule has 1 aromatic heterocycles. The number of hydrogen-bond donors (Lipinski definition) is 2. The number of nitrogens with zero attached hydrogens (tertiary/aromatic N) is 2. The number of benzene rings is 1. The summed E-state index contributed by atoms with van der Waals surface area (Å²) in [5, 5.41) is 5.73. The Kier molecular flexibility index (Phi) is 5.55. The van der Waals surface area contributed by atoms with Crippen molar-refractivity contribution in [3.8, 4) is 11.4 Å². The largest absolute Gasteiger partial charge is 0.383 e. The molecule has 0 fully saturated rings. The highest BCUT2D eigenvalue weighted by atomic mass is 16.5. The van der Waals surface area contributed by atoms with Crippen molar-refractivity contribution in [3.05, 3.63) is 36.7 Å². The van der Waals surface area contributed by atoms with Crippen molar-refractivity contribution in [1.29, 1.82) is 0 Å². The van der Waals surface area contributed by atoms with Crippen molar-refractivity contribution < 1.29 is 9.53 Å². The molecule has 2 N–H and O–H groups in total. The Labute approximate surface area is 130 Å². The molecule has 0 saturated heterocycles. The molecule has 0 unspecified atom stereocenters. The van der Waals surface area contributed by atoms with Gasteiger partial charge in [0.05, 0.1) is 12.6 Å². The molecule has 2 aromatic rings. The van der Waals surface area contributed by atoms with Crippen LogP contribution in [0.4, 0.5) is 10.5 Å². The molecule has 0 radical (unpaired) electrons. The van der Waals surface area contributed by atoms with Gasteiger partial charge in [0.25, 0.3) is 0 Å². The van der Waals surface area contributed by atoms with Gasteiger partial charge in [-0.15, -0.1) is 0 Å². The Morgan fingerprint density at radius 3 is 2.91 bits per heavy atom. The fraction of sp³-hybridized carbons (Fsp3) is 0.375. The van der Waals surface area contributed by atoms with Crippen molar-refractivity contribution in [2.75, 3.05) is 19.0 Å². The van der Waals surface area contributed by atoms with Crippen LogP contribution in [0.3, 0.4) is 0 Å². The van der Waals surface area contributed by atoms with Crippen LogP contribution < -0.4 is 10.6 Å². The minimum absolute atomic E-state index is 0.00252. The van der Waals surface area contributed by atoms with Gasteiger partial charge in [-0.2, -0.15) is 0 Å². The number of urea groups is 1. The third-order valence-electron chi connectivity index (χ3n) is 3.40. The topological polar surface area (TPSA) is 68.2 Å². The van der Waals surface area contributed by atoms with Crippen LogP contribution in [-0.2, 0) is 11.8 Å². The Balaban J connectivity index is 2.04. The van der Waals surface area contributed by atoms with Gasteiger partial charge in [0.15, 0.2) is 0 Å². The summed E-state index contributed by atoms with van der Waals surface area (Å²) in [5.41, 5.74) is 1.68. The first-order valence-electron chi connectivity index (χ1n) is 7.28. The molecule has 6 heteroatoms. The molecule has 2 amide bonds. The molecule has 0 bridgehead atoms. The Bertz CT molecular complexity index is 624. The fourth-order valence-corrected chi connectivity index (χ4v) is 2.20. The van der Waals surface area contributed by atoms with Crippen LogP contribution in [0.5, 0.6) is 0 Å². The Morgan fingerprint density at radius 1 is 1.45 bits per heavy atom. The average molecular weight is 302 g/mol. The second-order valence-electron chi connectivity index (χ2n) is 5.10. The van der Waals surface area contributed by atoms with Gasteiger partial charge in [0.1, 0.15) is 5.82 Å². The van der Waals surface area contributed by atoms with E-state index in [1.807, 2.05) is 49.0 Å². The molecule has 0 aliphatic rings. The quantitative estimate of drug-likeness (QED) is 0.862. The second-order valence-corrected chi connectivity index (χ2v) is 5.10. The summed E-state index contributed by atoms with van der Waals surface area (Å²) in [7, 11) is 3.56. The van der Waals surface area contributed by atoms with Crippen LogP contribution in [0.15, 0.2) is 36.7 Å². The molecule has 0 spiro atoms. The standard InChI is InChI=1S/C16H22N4O2/c1-4-13(11-22-3)18-16(21)19-14-7-5-6-12(10-14)15-17-8-9-20(15)2/h5-10,13H,4,11H2,1-3H3,(H2,18,19,21)/t13-/m0/s1. The molecule has 1 aromatic carbocycles. The minimum atomic E-state index is -0.235. The molecule has 118 valence electrons. The van der Waals surface area contributed by atoms with E-state index in [1.54, 1.807) is 13.3 Å². The number of imidazole rings is 1. The molecule has 0 saturated carbocycles. The lowest BCUT2D eigenvalue weighted by atomic mass is 10.2. The number of carbonyl (C=O) groups excluding carboxylic acids is 1. The summed E-state index contributed by atoms with van der Waals surface area (Å²) in [6.07, 6.45) is 4.45. The molecule has 1 atom stereocenters. The van der Waals surface area contributed by atoms with E-state index >= 15 is 0 Å². The summed E-state index contributed by atoms with van der Waals surface area (Å²) in [4.78, 5) is 16.3. The van der Waals surface area contributed by atoms with E-state index in [1.165, 1.54) is 0 Å². The van der Waals surface area contributed by atoms with Crippen LogP contribution in [0.25, 0.3) is 11.4 Å². The number of methoxy groups -OCH3 is 1. The van der Waals surface area contributed by atoms with E-state index in [4.69, 9.17) is 4.74 Å². The lowest BCUT2D eigenvalue weighted by Gasteiger charge is -2.16. The Morgan fingerprint density at radius 2 is 2.27 bits per heavy atom. The summed E-state index contributed by atoms with van der Waals surface area (Å²) < 4.78 is 7.01. The second kappa shape index (κ2) is 7.61. The van der Waals surface area contributed by atoms with E-state index in [2.05, 4.69) is 15.6 Å². The highest BCUT2D eigenvalue weighted by Gasteiger charge is 2.11. The van der Waals surface area contributed by atoms with Crippen LogP contribution in [0.2, 0.25) is 0 Å². The average Bonchev–Trinajstić information content (AvgIpc) is 2.93. The minimum Gasteiger partial charge on any atom is -0.383 e. The summed E-state index contributed by atoms with van der Waals surface area (Å²) in [5.74, 6) is 0.856. The van der Waals surface area contributed by atoms with Crippen molar-refractivity contribution in [2.45, 2.75) is 19.4 Å². The van der Waals surface area contributed by atoms with Gasteiger partial charge < -0.3 is 19.9 Å². The number of anilines is 1. The fourth-order valence-electron chi connectivity index (χ4n) is 2.20.